The van der Waals surface area contributed by atoms with E-state index in [2.05, 4.69) is 0 Å². The van der Waals surface area contributed by atoms with Gasteiger partial charge in [-0.25, -0.2) is 4.79 Å². The summed E-state index contributed by atoms with van der Waals surface area (Å²) in [4.78, 5) is 21.6. The molecule has 0 bridgehead atoms. The van der Waals surface area contributed by atoms with Gasteiger partial charge in [0.2, 0.25) is 0 Å². The lowest BCUT2D eigenvalue weighted by Crippen LogP contribution is -1.97. The number of benzene rings is 2. The minimum absolute atomic E-state index is 0.116. The maximum Gasteiger partial charge on any atom is 0.336 e. The normalized spacial score (nSPS) is 10.7. The van der Waals surface area contributed by atoms with Crippen LogP contribution in [-0.2, 0) is 0 Å². The van der Waals surface area contributed by atoms with Gasteiger partial charge in [-0.1, -0.05) is 11.6 Å². The molecule has 2 aromatic carbocycles. The molecule has 23 heavy (non-hydrogen) atoms. The van der Waals surface area contributed by atoms with Gasteiger partial charge in [-0.2, -0.15) is 0 Å². The number of nitrogens with zero attached hydrogens (tertiary/aromatic N) is 1. The Balaban J connectivity index is 1.98. The minimum Gasteiger partial charge on any atom is -0.456 e. The van der Waals surface area contributed by atoms with Gasteiger partial charge in [0.05, 0.1) is 9.95 Å². The lowest BCUT2D eigenvalue weighted by Gasteiger charge is -2.08. The maximum atomic E-state index is 11.4. The Kier molecular flexibility index (Phi) is 3.75. The number of hydrogen-bond donors (Lipinski definition) is 0. The van der Waals surface area contributed by atoms with Crippen LogP contribution < -0.4 is 10.4 Å². The third-order valence-electron chi connectivity index (χ3n) is 3.28. The van der Waals surface area contributed by atoms with Crippen LogP contribution in [0.2, 0.25) is 5.02 Å². The number of hydrogen-bond acceptors (Lipinski definition) is 5. The Labute approximate surface area is 135 Å². The summed E-state index contributed by atoms with van der Waals surface area (Å²) >= 11 is 5.99. The smallest absolute Gasteiger partial charge is 0.336 e. The number of fused-ring (bicyclic) bond motifs is 1. The van der Waals surface area contributed by atoms with E-state index in [4.69, 9.17) is 20.8 Å². The second kappa shape index (κ2) is 5.73. The van der Waals surface area contributed by atoms with Crippen molar-refractivity contribution in [3.05, 3.63) is 73.6 Å². The molecule has 0 aliphatic heterocycles. The molecule has 3 aromatic rings. The Morgan fingerprint density at radius 3 is 2.65 bits per heavy atom. The average Bonchev–Trinajstić information content (AvgIpc) is 2.48. The van der Waals surface area contributed by atoms with E-state index in [9.17, 15) is 14.9 Å². The zero-order valence-electron chi connectivity index (χ0n) is 11.9. The Morgan fingerprint density at radius 2 is 1.96 bits per heavy atom. The molecule has 0 amide bonds. The van der Waals surface area contributed by atoms with Crippen molar-refractivity contribution < 1.29 is 14.1 Å². The monoisotopic (exact) mass is 331 g/mol. The maximum absolute atomic E-state index is 11.4. The number of nitro benzene ring substituents is 1. The summed E-state index contributed by atoms with van der Waals surface area (Å²) in [5.74, 6) is 0.675. The topological polar surface area (TPSA) is 82.6 Å². The summed E-state index contributed by atoms with van der Waals surface area (Å²) in [6.07, 6.45) is 0. The zero-order chi connectivity index (χ0) is 16.6. The molecule has 3 rings (SSSR count). The molecule has 0 radical (unpaired) electrons. The predicted octanol–water partition coefficient (Wildman–Crippen LogP) is 4.46. The van der Waals surface area contributed by atoms with E-state index in [0.29, 0.717) is 11.3 Å². The molecule has 0 N–H and O–H groups in total. The quantitative estimate of drug-likeness (QED) is 0.402. The fourth-order valence-corrected chi connectivity index (χ4v) is 2.40. The molecule has 0 fully saturated rings. The first-order chi connectivity index (χ1) is 10.9. The summed E-state index contributed by atoms with van der Waals surface area (Å²) in [5, 5.41) is 11.6. The molecule has 0 atom stereocenters. The van der Waals surface area contributed by atoms with Crippen molar-refractivity contribution in [2.75, 3.05) is 0 Å². The molecule has 0 saturated carbocycles. The third-order valence-corrected chi connectivity index (χ3v) is 3.57. The van der Waals surface area contributed by atoms with Crippen molar-refractivity contribution in [2.24, 2.45) is 0 Å². The Morgan fingerprint density at radius 1 is 1.17 bits per heavy atom. The molecular formula is C16H10ClNO5. The van der Waals surface area contributed by atoms with E-state index in [1.165, 1.54) is 24.3 Å². The summed E-state index contributed by atoms with van der Waals surface area (Å²) in [6.45, 7) is 1.81. The Hall–Kier alpha value is -2.86. The van der Waals surface area contributed by atoms with Crippen LogP contribution in [0.5, 0.6) is 11.5 Å². The van der Waals surface area contributed by atoms with Gasteiger partial charge in [-0.15, -0.1) is 0 Å². The zero-order valence-corrected chi connectivity index (χ0v) is 12.7. The van der Waals surface area contributed by atoms with Crippen LogP contribution in [0.1, 0.15) is 5.56 Å². The number of aryl methyl sites for hydroxylation is 1. The van der Waals surface area contributed by atoms with E-state index in [1.807, 2.05) is 6.92 Å². The van der Waals surface area contributed by atoms with Gasteiger partial charge in [-0.05, 0) is 30.7 Å². The number of ether oxygens (including phenoxy) is 1. The standard InChI is InChI=1S/C16H10ClNO5/c1-9-6-16(19)23-15-8-11(3-4-12(9)15)22-14-5-2-10(18(20)21)7-13(14)17/h2-8H,1H3. The summed E-state index contributed by atoms with van der Waals surface area (Å²) in [5.41, 5.74) is 0.629. The van der Waals surface area contributed by atoms with E-state index < -0.39 is 10.5 Å². The molecule has 0 aliphatic rings. The van der Waals surface area contributed by atoms with Gasteiger partial charge < -0.3 is 9.15 Å². The van der Waals surface area contributed by atoms with E-state index in [0.717, 1.165) is 10.9 Å². The molecular weight excluding hydrogens is 322 g/mol. The van der Waals surface area contributed by atoms with E-state index in [-0.39, 0.29) is 16.5 Å². The molecule has 0 spiro atoms. The van der Waals surface area contributed by atoms with Crippen LogP contribution in [0.3, 0.4) is 0 Å². The van der Waals surface area contributed by atoms with Crippen LogP contribution in [-0.4, -0.2) is 4.92 Å². The number of nitro groups is 1. The second-order valence-corrected chi connectivity index (χ2v) is 5.29. The van der Waals surface area contributed by atoms with Crippen LogP contribution in [0, 0.1) is 17.0 Å². The van der Waals surface area contributed by atoms with Gasteiger partial charge in [0.25, 0.3) is 5.69 Å². The van der Waals surface area contributed by atoms with E-state index in [1.54, 1.807) is 18.2 Å². The molecule has 0 saturated heterocycles. The first kappa shape index (κ1) is 15.1. The van der Waals surface area contributed by atoms with Gasteiger partial charge in [0.15, 0.2) is 0 Å². The molecule has 116 valence electrons. The van der Waals surface area contributed by atoms with Crippen molar-refractivity contribution in [3.63, 3.8) is 0 Å². The van der Waals surface area contributed by atoms with E-state index >= 15 is 0 Å². The Bertz CT molecular complexity index is 980. The largest absolute Gasteiger partial charge is 0.456 e. The first-order valence-corrected chi connectivity index (χ1v) is 6.98. The van der Waals surface area contributed by atoms with Crippen molar-refractivity contribution in [3.8, 4) is 11.5 Å². The lowest BCUT2D eigenvalue weighted by atomic mass is 10.1. The van der Waals surface area contributed by atoms with Crippen molar-refractivity contribution in [1.82, 2.24) is 0 Å². The highest BCUT2D eigenvalue weighted by Gasteiger charge is 2.12. The highest BCUT2D eigenvalue weighted by molar-refractivity contribution is 6.32. The van der Waals surface area contributed by atoms with Crippen LogP contribution in [0.15, 0.2) is 51.7 Å². The molecule has 0 unspecified atom stereocenters. The third kappa shape index (κ3) is 3.02. The first-order valence-electron chi connectivity index (χ1n) is 6.60. The van der Waals surface area contributed by atoms with Gasteiger partial charge in [-0.3, -0.25) is 10.1 Å². The lowest BCUT2D eigenvalue weighted by molar-refractivity contribution is -0.384. The van der Waals surface area contributed by atoms with Crippen LogP contribution >= 0.6 is 11.6 Å². The summed E-state index contributed by atoms with van der Waals surface area (Å²) in [7, 11) is 0. The van der Waals surface area contributed by atoms with Gasteiger partial charge in [0.1, 0.15) is 17.1 Å². The summed E-state index contributed by atoms with van der Waals surface area (Å²) < 4.78 is 10.8. The van der Waals surface area contributed by atoms with Crippen molar-refractivity contribution in [2.45, 2.75) is 6.92 Å². The fourth-order valence-electron chi connectivity index (χ4n) is 2.18. The molecule has 1 aromatic heterocycles. The number of non-ortho nitro benzene ring substituents is 1. The van der Waals surface area contributed by atoms with Gasteiger partial charge >= 0.3 is 5.63 Å². The van der Waals surface area contributed by atoms with Crippen molar-refractivity contribution in [1.29, 1.82) is 0 Å². The van der Waals surface area contributed by atoms with Gasteiger partial charge in [0, 0.05) is 29.7 Å². The van der Waals surface area contributed by atoms with Crippen LogP contribution in [0.4, 0.5) is 5.69 Å². The highest BCUT2D eigenvalue weighted by atomic mass is 35.5. The molecule has 6 nitrogen and oxygen atoms in total. The SMILES string of the molecule is Cc1cc(=O)oc2cc(Oc3ccc([N+](=O)[O-])cc3Cl)ccc12. The second-order valence-electron chi connectivity index (χ2n) is 4.88. The molecule has 1 heterocycles. The van der Waals surface area contributed by atoms with Crippen LogP contribution in [0.25, 0.3) is 11.0 Å². The fraction of sp³-hybridized carbons (Fsp3) is 0.0625. The molecule has 7 heteroatoms. The number of halogens is 1. The number of rotatable bonds is 3. The molecule has 0 aliphatic carbocycles. The minimum atomic E-state index is -0.539. The predicted molar refractivity (Wildman–Crippen MR) is 85.4 cm³/mol. The average molecular weight is 332 g/mol. The van der Waals surface area contributed by atoms with Crippen molar-refractivity contribution >= 4 is 28.3 Å². The highest BCUT2D eigenvalue weighted by Crippen LogP contribution is 2.33. The summed E-state index contributed by atoms with van der Waals surface area (Å²) in [6, 6.07) is 10.4.